The predicted octanol–water partition coefficient (Wildman–Crippen LogP) is 2.43. The minimum absolute atomic E-state index is 0.0462. The van der Waals surface area contributed by atoms with Crippen molar-refractivity contribution in [2.75, 3.05) is 30.3 Å². The van der Waals surface area contributed by atoms with Gasteiger partial charge in [-0.05, 0) is 25.2 Å². The molecular weight excluding hydrogens is 240 g/mol. The number of anilines is 2. The van der Waals surface area contributed by atoms with Crippen molar-refractivity contribution >= 4 is 11.8 Å². The van der Waals surface area contributed by atoms with Crippen LogP contribution in [0, 0.1) is 12.3 Å². The molecule has 0 aromatic carbocycles. The van der Waals surface area contributed by atoms with Gasteiger partial charge in [-0.3, -0.25) is 0 Å². The molecule has 1 rings (SSSR count). The molecule has 0 spiro atoms. The minimum atomic E-state index is 0.0462. The first-order chi connectivity index (χ1) is 8.96. The smallest absolute Gasteiger partial charge is 0.224 e. The van der Waals surface area contributed by atoms with Crippen molar-refractivity contribution in [2.45, 2.75) is 40.5 Å². The van der Waals surface area contributed by atoms with Crippen LogP contribution in [-0.4, -0.2) is 34.8 Å². The van der Waals surface area contributed by atoms with E-state index in [2.05, 4.69) is 41.4 Å². The fourth-order valence-electron chi connectivity index (χ4n) is 1.70. The number of hydrogen-bond acceptors (Lipinski definition) is 5. The molecule has 0 atom stereocenters. The summed E-state index contributed by atoms with van der Waals surface area (Å²) in [7, 11) is 0. The highest BCUT2D eigenvalue weighted by atomic mass is 16.3. The Balaban J connectivity index is 2.65. The largest absolute Gasteiger partial charge is 0.396 e. The van der Waals surface area contributed by atoms with Crippen LogP contribution in [-0.2, 0) is 0 Å². The molecule has 0 aliphatic carbocycles. The molecule has 0 aliphatic rings. The zero-order valence-electron chi connectivity index (χ0n) is 12.5. The lowest BCUT2D eigenvalue weighted by Crippen LogP contribution is -2.24. The van der Waals surface area contributed by atoms with Crippen LogP contribution in [0.15, 0.2) is 6.07 Å². The molecule has 0 saturated carbocycles. The van der Waals surface area contributed by atoms with Crippen molar-refractivity contribution in [3.05, 3.63) is 11.8 Å². The molecule has 1 aromatic rings. The second-order valence-electron chi connectivity index (χ2n) is 5.64. The summed E-state index contributed by atoms with van der Waals surface area (Å²) >= 11 is 0. The van der Waals surface area contributed by atoms with E-state index in [1.165, 1.54) is 0 Å². The summed E-state index contributed by atoms with van der Waals surface area (Å²) in [4.78, 5) is 8.79. The van der Waals surface area contributed by atoms with E-state index in [0.29, 0.717) is 5.95 Å². The van der Waals surface area contributed by atoms with Crippen LogP contribution >= 0.6 is 0 Å². The molecule has 5 nitrogen and oxygen atoms in total. The number of aromatic nitrogens is 2. The number of nitrogens with zero attached hydrogens (tertiary/aromatic N) is 2. The summed E-state index contributed by atoms with van der Waals surface area (Å²) in [6, 6.07) is 1.94. The summed E-state index contributed by atoms with van der Waals surface area (Å²) in [6.07, 6.45) is 1.81. The lowest BCUT2D eigenvalue weighted by Gasteiger charge is -2.24. The Labute approximate surface area is 115 Å². The zero-order chi connectivity index (χ0) is 14.3. The summed E-state index contributed by atoms with van der Waals surface area (Å²) in [5.74, 6) is 1.50. The second kappa shape index (κ2) is 7.28. The summed E-state index contributed by atoms with van der Waals surface area (Å²) in [5.41, 5.74) is 0.987. The molecule has 0 aliphatic heterocycles. The van der Waals surface area contributed by atoms with Crippen LogP contribution in [0.5, 0.6) is 0 Å². The van der Waals surface area contributed by atoms with Gasteiger partial charge >= 0.3 is 0 Å². The average molecular weight is 266 g/mol. The Hall–Kier alpha value is -1.36. The fraction of sp³-hybridized carbons (Fsp3) is 0.714. The van der Waals surface area contributed by atoms with Crippen molar-refractivity contribution in [1.29, 1.82) is 0 Å². The van der Waals surface area contributed by atoms with E-state index in [1.54, 1.807) is 0 Å². The van der Waals surface area contributed by atoms with E-state index in [-0.39, 0.29) is 12.0 Å². The third-order valence-electron chi connectivity index (χ3n) is 2.92. The van der Waals surface area contributed by atoms with Crippen LogP contribution in [0.25, 0.3) is 0 Å². The first-order valence-corrected chi connectivity index (χ1v) is 6.91. The topological polar surface area (TPSA) is 70.1 Å². The molecule has 0 amide bonds. The van der Waals surface area contributed by atoms with Crippen LogP contribution in [0.2, 0.25) is 0 Å². The molecule has 0 saturated heterocycles. The Bertz CT molecular complexity index is 393. The van der Waals surface area contributed by atoms with Gasteiger partial charge in [-0.25, -0.2) is 4.98 Å². The van der Waals surface area contributed by atoms with Crippen LogP contribution in [0.4, 0.5) is 11.8 Å². The SMILES string of the molecule is CCCNc1nc(C)cc(NCC(C)(C)CCO)n1. The molecule has 0 bridgehead atoms. The Kier molecular flexibility index (Phi) is 6.02. The maximum Gasteiger partial charge on any atom is 0.224 e. The van der Waals surface area contributed by atoms with Gasteiger partial charge in [-0.1, -0.05) is 20.8 Å². The maximum absolute atomic E-state index is 9.02. The van der Waals surface area contributed by atoms with Gasteiger partial charge < -0.3 is 15.7 Å². The number of nitrogens with one attached hydrogen (secondary N) is 2. The highest BCUT2D eigenvalue weighted by molar-refractivity contribution is 5.42. The minimum Gasteiger partial charge on any atom is -0.396 e. The number of hydrogen-bond donors (Lipinski definition) is 3. The van der Waals surface area contributed by atoms with Crippen LogP contribution < -0.4 is 10.6 Å². The van der Waals surface area contributed by atoms with E-state index in [1.807, 2.05) is 13.0 Å². The van der Waals surface area contributed by atoms with Crippen molar-refractivity contribution in [2.24, 2.45) is 5.41 Å². The molecule has 0 radical (unpaired) electrons. The van der Waals surface area contributed by atoms with Crippen molar-refractivity contribution in [3.63, 3.8) is 0 Å². The second-order valence-corrected chi connectivity index (χ2v) is 5.64. The molecule has 3 N–H and O–H groups in total. The molecule has 5 heteroatoms. The van der Waals surface area contributed by atoms with E-state index in [4.69, 9.17) is 5.11 Å². The number of rotatable bonds is 8. The standard InChI is InChI=1S/C14H26N4O/c1-5-7-15-13-17-11(2)9-12(18-13)16-10-14(3,4)6-8-19/h9,19H,5-8,10H2,1-4H3,(H2,15,16,17,18). The molecule has 1 heterocycles. The van der Waals surface area contributed by atoms with Gasteiger partial charge in [0.25, 0.3) is 0 Å². The van der Waals surface area contributed by atoms with Crippen molar-refractivity contribution in [1.82, 2.24) is 9.97 Å². The van der Waals surface area contributed by atoms with Crippen LogP contribution in [0.1, 0.15) is 39.3 Å². The van der Waals surface area contributed by atoms with E-state index < -0.39 is 0 Å². The summed E-state index contributed by atoms with van der Waals surface area (Å²) in [5, 5.41) is 15.5. The molecule has 19 heavy (non-hydrogen) atoms. The Morgan fingerprint density at radius 1 is 1.26 bits per heavy atom. The van der Waals surface area contributed by atoms with Gasteiger partial charge in [0.1, 0.15) is 5.82 Å². The zero-order valence-corrected chi connectivity index (χ0v) is 12.5. The van der Waals surface area contributed by atoms with Gasteiger partial charge in [0.2, 0.25) is 5.95 Å². The maximum atomic E-state index is 9.02. The van der Waals surface area contributed by atoms with E-state index >= 15 is 0 Å². The monoisotopic (exact) mass is 266 g/mol. The average Bonchev–Trinajstić information content (AvgIpc) is 2.33. The van der Waals surface area contributed by atoms with Gasteiger partial charge in [0.05, 0.1) is 0 Å². The fourth-order valence-corrected chi connectivity index (χ4v) is 1.70. The molecule has 1 aromatic heterocycles. The van der Waals surface area contributed by atoms with Crippen molar-refractivity contribution < 1.29 is 5.11 Å². The van der Waals surface area contributed by atoms with Gasteiger partial charge in [-0.2, -0.15) is 4.98 Å². The van der Waals surface area contributed by atoms with Gasteiger partial charge in [0, 0.05) is 31.5 Å². The first-order valence-electron chi connectivity index (χ1n) is 6.91. The highest BCUT2D eigenvalue weighted by Crippen LogP contribution is 2.20. The van der Waals surface area contributed by atoms with Crippen molar-refractivity contribution in [3.8, 4) is 0 Å². The predicted molar refractivity (Wildman–Crippen MR) is 79.5 cm³/mol. The summed E-state index contributed by atoms with van der Waals surface area (Å²) in [6.45, 7) is 10.2. The lowest BCUT2D eigenvalue weighted by molar-refractivity contribution is 0.220. The number of aliphatic hydroxyl groups excluding tert-OH is 1. The summed E-state index contributed by atoms with van der Waals surface area (Å²) < 4.78 is 0. The van der Waals surface area contributed by atoms with E-state index in [0.717, 1.165) is 37.4 Å². The van der Waals surface area contributed by atoms with Gasteiger partial charge in [0.15, 0.2) is 0 Å². The first kappa shape index (κ1) is 15.7. The quantitative estimate of drug-likeness (QED) is 0.674. The number of aliphatic hydroxyl groups is 1. The van der Waals surface area contributed by atoms with Crippen LogP contribution in [0.3, 0.4) is 0 Å². The highest BCUT2D eigenvalue weighted by Gasteiger charge is 2.17. The Morgan fingerprint density at radius 3 is 2.63 bits per heavy atom. The third-order valence-corrected chi connectivity index (χ3v) is 2.92. The van der Waals surface area contributed by atoms with E-state index in [9.17, 15) is 0 Å². The molecule has 0 unspecified atom stereocenters. The lowest BCUT2D eigenvalue weighted by atomic mass is 9.90. The third kappa shape index (κ3) is 5.87. The molecule has 108 valence electrons. The van der Waals surface area contributed by atoms with Gasteiger partial charge in [-0.15, -0.1) is 0 Å². The molecule has 0 fully saturated rings. The molecular formula is C14H26N4O. The number of aryl methyl sites for hydroxylation is 1. The Morgan fingerprint density at radius 2 is 2.00 bits per heavy atom. The normalized spacial score (nSPS) is 11.4.